The van der Waals surface area contributed by atoms with Gasteiger partial charge in [-0.15, -0.1) is 0 Å². The lowest BCUT2D eigenvalue weighted by molar-refractivity contribution is -0.473. The summed E-state index contributed by atoms with van der Waals surface area (Å²) in [5, 5.41) is 10.3. The van der Waals surface area contributed by atoms with Crippen molar-refractivity contribution < 1.29 is 14.5 Å². The number of carboxylic acids is 1. The minimum absolute atomic E-state index is 0.0336. The second kappa shape index (κ2) is 7.08. The summed E-state index contributed by atoms with van der Waals surface area (Å²) < 4.78 is 2.02. The molecule has 0 aromatic heterocycles. The standard InChI is InChI=1S/C24H30N2O2/c1-13-9-15(3)21(16(4)10-13)25-19(7)20(8)26(23(25)24(27)28)22-17(5)11-14(2)12-18(22)6/h9-12,19-20H,1-8H3/p+1. The van der Waals surface area contributed by atoms with Crippen molar-refractivity contribution in [2.75, 3.05) is 4.90 Å². The molecule has 4 nitrogen and oxygen atoms in total. The van der Waals surface area contributed by atoms with Gasteiger partial charge in [0.15, 0.2) is 0 Å². The summed E-state index contributed by atoms with van der Waals surface area (Å²) in [6.45, 7) is 16.7. The van der Waals surface area contributed by atoms with Crippen molar-refractivity contribution in [3.8, 4) is 0 Å². The zero-order chi connectivity index (χ0) is 20.9. The maximum absolute atomic E-state index is 12.5. The molecule has 28 heavy (non-hydrogen) atoms. The lowest BCUT2D eigenvalue weighted by atomic mass is 10.0. The fourth-order valence-corrected chi connectivity index (χ4v) is 4.86. The van der Waals surface area contributed by atoms with Crippen LogP contribution >= 0.6 is 0 Å². The summed E-state index contributed by atoms with van der Waals surface area (Å²) >= 11 is 0. The van der Waals surface area contributed by atoms with Gasteiger partial charge in [-0.1, -0.05) is 35.4 Å². The van der Waals surface area contributed by atoms with Gasteiger partial charge in [0, 0.05) is 0 Å². The molecule has 1 N–H and O–H groups in total. The quantitative estimate of drug-likeness (QED) is 0.767. The van der Waals surface area contributed by atoms with Crippen LogP contribution in [-0.4, -0.2) is 33.6 Å². The second-order valence-electron chi connectivity index (χ2n) is 8.34. The number of carboxylic acid groups (broad SMARTS) is 1. The van der Waals surface area contributed by atoms with Crippen LogP contribution < -0.4 is 4.90 Å². The SMILES string of the molecule is Cc1cc(C)c(N2C(C(=O)O)=[N+](c3c(C)cc(C)cc3C)C(C)C2C)c(C)c1. The molecule has 2 aromatic rings. The molecule has 3 rings (SSSR count). The van der Waals surface area contributed by atoms with Crippen LogP contribution in [0.2, 0.25) is 0 Å². The van der Waals surface area contributed by atoms with E-state index in [9.17, 15) is 9.90 Å². The summed E-state index contributed by atoms with van der Waals surface area (Å²) in [7, 11) is 0. The monoisotopic (exact) mass is 379 g/mol. The topological polar surface area (TPSA) is 43.6 Å². The number of hydrogen-bond acceptors (Lipinski definition) is 2. The number of benzene rings is 2. The first-order valence-corrected chi connectivity index (χ1v) is 9.89. The highest BCUT2D eigenvalue weighted by molar-refractivity contribution is 6.39. The molecule has 2 unspecified atom stereocenters. The van der Waals surface area contributed by atoms with Crippen LogP contribution in [0.3, 0.4) is 0 Å². The van der Waals surface area contributed by atoms with E-state index < -0.39 is 5.97 Å². The number of aliphatic carboxylic acids is 1. The summed E-state index contributed by atoms with van der Waals surface area (Å²) in [4.78, 5) is 14.5. The van der Waals surface area contributed by atoms with E-state index in [1.807, 2.05) is 9.48 Å². The Hall–Kier alpha value is -2.62. The molecule has 0 radical (unpaired) electrons. The highest BCUT2D eigenvalue weighted by Gasteiger charge is 2.50. The Kier molecular flexibility index (Phi) is 5.09. The van der Waals surface area contributed by atoms with Crippen molar-refractivity contribution in [1.29, 1.82) is 0 Å². The molecule has 4 heteroatoms. The van der Waals surface area contributed by atoms with E-state index in [1.165, 1.54) is 11.1 Å². The molecule has 1 heterocycles. The van der Waals surface area contributed by atoms with Crippen LogP contribution in [0.15, 0.2) is 24.3 Å². The van der Waals surface area contributed by atoms with E-state index in [-0.39, 0.29) is 12.1 Å². The summed E-state index contributed by atoms with van der Waals surface area (Å²) in [6.07, 6.45) is 0. The van der Waals surface area contributed by atoms with E-state index in [2.05, 4.69) is 79.7 Å². The molecule has 0 spiro atoms. The van der Waals surface area contributed by atoms with Crippen LogP contribution in [-0.2, 0) is 4.79 Å². The molecule has 0 amide bonds. The van der Waals surface area contributed by atoms with Crippen molar-refractivity contribution in [3.05, 3.63) is 57.6 Å². The van der Waals surface area contributed by atoms with E-state index >= 15 is 0 Å². The molecule has 1 aliphatic rings. The zero-order valence-electron chi connectivity index (χ0n) is 18.2. The van der Waals surface area contributed by atoms with Gasteiger partial charge < -0.3 is 5.11 Å². The minimum atomic E-state index is -0.894. The number of amidine groups is 1. The molecule has 0 fully saturated rings. The average Bonchev–Trinajstić information content (AvgIpc) is 2.79. The Morgan fingerprint density at radius 1 is 0.857 bits per heavy atom. The number of rotatable bonds is 3. The third-order valence-electron chi connectivity index (χ3n) is 5.91. The molecular weight excluding hydrogens is 348 g/mol. The number of nitrogens with zero attached hydrogens (tertiary/aromatic N) is 2. The van der Waals surface area contributed by atoms with Crippen molar-refractivity contribution in [2.24, 2.45) is 0 Å². The lowest BCUT2D eigenvalue weighted by Gasteiger charge is -2.21. The third-order valence-corrected chi connectivity index (χ3v) is 5.91. The third kappa shape index (κ3) is 3.11. The van der Waals surface area contributed by atoms with Crippen molar-refractivity contribution in [2.45, 2.75) is 67.5 Å². The maximum atomic E-state index is 12.5. The van der Waals surface area contributed by atoms with Gasteiger partial charge in [0.05, 0.1) is 0 Å². The van der Waals surface area contributed by atoms with E-state index in [0.29, 0.717) is 5.84 Å². The van der Waals surface area contributed by atoms with E-state index in [0.717, 1.165) is 33.6 Å². The lowest BCUT2D eigenvalue weighted by Crippen LogP contribution is -2.41. The second-order valence-corrected chi connectivity index (χ2v) is 8.34. The predicted octanol–water partition coefficient (Wildman–Crippen LogP) is 4.96. The molecule has 148 valence electrons. The number of aryl methyl sites for hydroxylation is 6. The summed E-state index contributed by atoms with van der Waals surface area (Å²) in [5.74, 6) is -0.556. The smallest absolute Gasteiger partial charge is 0.419 e. The molecule has 1 aliphatic heterocycles. The molecule has 0 bridgehead atoms. The van der Waals surface area contributed by atoms with Gasteiger partial charge in [0.2, 0.25) is 0 Å². The number of carbonyl (C=O) groups is 1. The molecule has 2 atom stereocenters. The molecule has 0 aliphatic carbocycles. The molecule has 2 aromatic carbocycles. The first-order valence-electron chi connectivity index (χ1n) is 9.89. The number of hydrogen-bond donors (Lipinski definition) is 1. The van der Waals surface area contributed by atoms with Gasteiger partial charge in [0.25, 0.3) is 0 Å². The van der Waals surface area contributed by atoms with Crippen LogP contribution in [0.5, 0.6) is 0 Å². The molecular formula is C24H31N2O2+. The largest absolute Gasteiger partial charge is 0.472 e. The highest BCUT2D eigenvalue weighted by atomic mass is 16.4. The Morgan fingerprint density at radius 2 is 1.29 bits per heavy atom. The van der Waals surface area contributed by atoms with Gasteiger partial charge in [-0.2, -0.15) is 0 Å². The van der Waals surface area contributed by atoms with Gasteiger partial charge >= 0.3 is 11.8 Å². The van der Waals surface area contributed by atoms with Gasteiger partial charge in [0.1, 0.15) is 23.5 Å². The van der Waals surface area contributed by atoms with Gasteiger partial charge in [-0.05, 0) is 77.6 Å². The van der Waals surface area contributed by atoms with E-state index in [4.69, 9.17) is 0 Å². The Labute approximate surface area is 168 Å². The summed E-state index contributed by atoms with van der Waals surface area (Å²) in [6, 6.07) is 8.58. The van der Waals surface area contributed by atoms with Gasteiger partial charge in [-0.25, -0.2) is 14.3 Å². The Morgan fingerprint density at radius 3 is 1.71 bits per heavy atom. The molecule has 0 saturated carbocycles. The number of anilines is 1. The minimum Gasteiger partial charge on any atom is -0.472 e. The fourth-order valence-electron chi connectivity index (χ4n) is 4.86. The summed E-state index contributed by atoms with van der Waals surface area (Å²) in [5.41, 5.74) is 8.82. The first kappa shape index (κ1) is 20.1. The van der Waals surface area contributed by atoms with Crippen LogP contribution in [0, 0.1) is 41.5 Å². The van der Waals surface area contributed by atoms with Crippen molar-refractivity contribution in [1.82, 2.24) is 0 Å². The zero-order valence-corrected chi connectivity index (χ0v) is 18.2. The average molecular weight is 380 g/mol. The van der Waals surface area contributed by atoms with Crippen LogP contribution in [0.4, 0.5) is 11.4 Å². The fraction of sp³-hybridized carbons (Fsp3) is 0.417. The Balaban J connectivity index is 2.35. The van der Waals surface area contributed by atoms with E-state index in [1.54, 1.807) is 0 Å². The predicted molar refractivity (Wildman–Crippen MR) is 115 cm³/mol. The normalized spacial score (nSPS) is 19.5. The first-order chi connectivity index (χ1) is 13.0. The molecule has 0 saturated heterocycles. The van der Waals surface area contributed by atoms with Crippen LogP contribution in [0.1, 0.15) is 47.2 Å². The van der Waals surface area contributed by atoms with Crippen LogP contribution in [0.25, 0.3) is 0 Å². The van der Waals surface area contributed by atoms with Crippen molar-refractivity contribution >= 4 is 23.2 Å². The van der Waals surface area contributed by atoms with Gasteiger partial charge in [-0.3, -0.25) is 0 Å². The van der Waals surface area contributed by atoms with Crippen molar-refractivity contribution in [3.63, 3.8) is 0 Å². The Bertz CT molecular complexity index is 958. The highest BCUT2D eigenvalue weighted by Crippen LogP contribution is 2.37. The maximum Gasteiger partial charge on any atom is 0.419 e.